The Morgan fingerprint density at radius 2 is 2.00 bits per heavy atom. The van der Waals surface area contributed by atoms with Crippen LogP contribution in [0, 0.1) is 6.92 Å². The topological polar surface area (TPSA) is 97.5 Å². The first-order valence-corrected chi connectivity index (χ1v) is 8.95. The van der Waals surface area contributed by atoms with Crippen molar-refractivity contribution >= 4 is 11.7 Å². The Labute approximate surface area is 162 Å². The second-order valence-corrected chi connectivity index (χ2v) is 6.41. The van der Waals surface area contributed by atoms with Crippen LogP contribution in [-0.4, -0.2) is 64.2 Å². The van der Waals surface area contributed by atoms with E-state index in [0.29, 0.717) is 49.3 Å². The molecule has 0 saturated carbocycles. The van der Waals surface area contributed by atoms with E-state index in [1.165, 1.54) is 0 Å². The van der Waals surface area contributed by atoms with Crippen molar-refractivity contribution in [2.45, 2.75) is 6.92 Å². The van der Waals surface area contributed by atoms with Gasteiger partial charge in [0.2, 0.25) is 5.88 Å². The van der Waals surface area contributed by atoms with E-state index in [1.54, 1.807) is 30.5 Å². The molecule has 0 N–H and O–H groups in total. The number of hydrogen-bond acceptors (Lipinski definition) is 8. The molecule has 144 valence electrons. The quantitative estimate of drug-likeness (QED) is 0.676. The Morgan fingerprint density at radius 3 is 2.71 bits per heavy atom. The van der Waals surface area contributed by atoms with Crippen molar-refractivity contribution in [2.75, 3.05) is 38.2 Å². The number of anilines is 1. The van der Waals surface area contributed by atoms with Gasteiger partial charge in [0, 0.05) is 56.3 Å². The van der Waals surface area contributed by atoms with Crippen LogP contribution < -0.4 is 9.64 Å². The summed E-state index contributed by atoms with van der Waals surface area (Å²) in [5.74, 6) is 2.37. The number of carbonyl (C=O) groups excluding carboxylic acids is 1. The van der Waals surface area contributed by atoms with Crippen molar-refractivity contribution in [3.8, 4) is 17.2 Å². The molecule has 1 saturated heterocycles. The summed E-state index contributed by atoms with van der Waals surface area (Å²) in [6.07, 6.45) is 3.35. The van der Waals surface area contributed by atoms with Crippen LogP contribution in [0.3, 0.4) is 0 Å². The van der Waals surface area contributed by atoms with Crippen LogP contribution in [0.2, 0.25) is 0 Å². The van der Waals surface area contributed by atoms with Gasteiger partial charge in [0.05, 0.1) is 7.11 Å². The molecule has 9 nitrogen and oxygen atoms in total. The summed E-state index contributed by atoms with van der Waals surface area (Å²) < 4.78 is 10.5. The lowest BCUT2D eigenvalue weighted by molar-refractivity contribution is 0.0736. The van der Waals surface area contributed by atoms with Crippen LogP contribution in [0.1, 0.15) is 16.3 Å². The summed E-state index contributed by atoms with van der Waals surface area (Å²) in [5.41, 5.74) is 1.08. The SMILES string of the molecule is COc1cc(N2CCN(C(=O)c3cc(-c4cccnc4)on3)CC2)nc(C)n1. The molecule has 3 aromatic rings. The van der Waals surface area contributed by atoms with Gasteiger partial charge in [-0.2, -0.15) is 4.98 Å². The fourth-order valence-corrected chi connectivity index (χ4v) is 3.11. The minimum Gasteiger partial charge on any atom is -0.481 e. The lowest BCUT2D eigenvalue weighted by atomic mass is 10.2. The summed E-state index contributed by atoms with van der Waals surface area (Å²) in [5, 5.41) is 3.93. The molecule has 0 unspecified atom stereocenters. The van der Waals surface area contributed by atoms with Crippen molar-refractivity contribution in [3.05, 3.63) is 48.2 Å². The van der Waals surface area contributed by atoms with E-state index >= 15 is 0 Å². The number of hydrogen-bond donors (Lipinski definition) is 0. The number of pyridine rings is 1. The fraction of sp³-hybridized carbons (Fsp3) is 0.316. The van der Waals surface area contributed by atoms with E-state index in [-0.39, 0.29) is 5.91 Å². The zero-order chi connectivity index (χ0) is 19.5. The van der Waals surface area contributed by atoms with Crippen molar-refractivity contribution in [1.82, 2.24) is 25.0 Å². The Balaban J connectivity index is 1.42. The van der Waals surface area contributed by atoms with E-state index < -0.39 is 0 Å². The monoisotopic (exact) mass is 380 g/mol. The largest absolute Gasteiger partial charge is 0.481 e. The number of methoxy groups -OCH3 is 1. The highest BCUT2D eigenvalue weighted by Gasteiger charge is 2.25. The number of aryl methyl sites for hydroxylation is 1. The minimum atomic E-state index is -0.144. The maximum atomic E-state index is 12.8. The van der Waals surface area contributed by atoms with Gasteiger partial charge in [-0.1, -0.05) is 5.16 Å². The van der Waals surface area contributed by atoms with Gasteiger partial charge in [-0.25, -0.2) is 4.98 Å². The van der Waals surface area contributed by atoms with Gasteiger partial charge in [0.1, 0.15) is 11.6 Å². The molecular formula is C19H20N6O3. The molecule has 0 aromatic carbocycles. The lowest BCUT2D eigenvalue weighted by Crippen LogP contribution is -2.49. The summed E-state index contributed by atoms with van der Waals surface area (Å²) >= 11 is 0. The van der Waals surface area contributed by atoms with Crippen molar-refractivity contribution in [3.63, 3.8) is 0 Å². The standard InChI is InChI=1S/C19H20N6O3/c1-13-21-17(11-18(22-13)27-2)24-6-8-25(9-7-24)19(26)15-10-16(28-23-15)14-4-3-5-20-12-14/h3-5,10-12H,6-9H2,1-2H3. The molecule has 4 heterocycles. The fourth-order valence-electron chi connectivity index (χ4n) is 3.11. The van der Waals surface area contributed by atoms with E-state index in [9.17, 15) is 4.79 Å². The van der Waals surface area contributed by atoms with Gasteiger partial charge in [0.25, 0.3) is 5.91 Å². The summed E-state index contributed by atoms with van der Waals surface area (Å²) in [7, 11) is 1.58. The molecule has 0 atom stereocenters. The Morgan fingerprint density at radius 1 is 1.18 bits per heavy atom. The molecule has 0 bridgehead atoms. The third kappa shape index (κ3) is 3.64. The number of amides is 1. The molecule has 4 rings (SSSR count). The van der Waals surface area contributed by atoms with Crippen LogP contribution in [-0.2, 0) is 0 Å². The van der Waals surface area contributed by atoms with E-state index in [1.807, 2.05) is 25.1 Å². The van der Waals surface area contributed by atoms with Crippen molar-refractivity contribution in [2.24, 2.45) is 0 Å². The number of rotatable bonds is 4. The number of ether oxygens (including phenoxy) is 1. The predicted octanol–water partition coefficient (Wildman–Crippen LogP) is 1.81. The normalized spacial score (nSPS) is 14.2. The van der Waals surface area contributed by atoms with Crippen LogP contribution in [0.4, 0.5) is 5.82 Å². The molecule has 3 aromatic heterocycles. The zero-order valence-corrected chi connectivity index (χ0v) is 15.7. The summed E-state index contributed by atoms with van der Waals surface area (Å²) in [6.45, 7) is 4.30. The minimum absolute atomic E-state index is 0.144. The molecule has 0 radical (unpaired) electrons. The van der Waals surface area contributed by atoms with Gasteiger partial charge in [-0.15, -0.1) is 0 Å². The first kappa shape index (κ1) is 17.9. The van der Waals surface area contributed by atoms with Crippen molar-refractivity contribution in [1.29, 1.82) is 0 Å². The maximum absolute atomic E-state index is 12.8. The predicted molar refractivity (Wildman–Crippen MR) is 101 cm³/mol. The molecule has 0 aliphatic carbocycles. The molecule has 28 heavy (non-hydrogen) atoms. The number of carbonyl (C=O) groups is 1. The van der Waals surface area contributed by atoms with Gasteiger partial charge in [-0.05, 0) is 19.1 Å². The smallest absolute Gasteiger partial charge is 0.276 e. The van der Waals surface area contributed by atoms with Crippen LogP contribution in [0.15, 0.2) is 41.2 Å². The number of piperazine rings is 1. The average molecular weight is 380 g/mol. The van der Waals surface area contributed by atoms with Gasteiger partial charge in [-0.3, -0.25) is 9.78 Å². The molecule has 1 aliphatic heterocycles. The molecule has 1 aliphatic rings. The van der Waals surface area contributed by atoms with E-state index in [0.717, 1.165) is 11.4 Å². The van der Waals surface area contributed by atoms with Gasteiger partial charge in [0.15, 0.2) is 11.5 Å². The van der Waals surface area contributed by atoms with E-state index in [4.69, 9.17) is 9.26 Å². The van der Waals surface area contributed by atoms with Crippen LogP contribution in [0.5, 0.6) is 5.88 Å². The summed E-state index contributed by atoms with van der Waals surface area (Å²) in [6, 6.07) is 7.13. The summed E-state index contributed by atoms with van der Waals surface area (Å²) in [4.78, 5) is 29.4. The van der Waals surface area contributed by atoms with E-state index in [2.05, 4.69) is 25.0 Å². The molecule has 0 spiro atoms. The van der Waals surface area contributed by atoms with Crippen LogP contribution >= 0.6 is 0 Å². The highest BCUT2D eigenvalue weighted by molar-refractivity contribution is 5.93. The second-order valence-electron chi connectivity index (χ2n) is 6.41. The highest BCUT2D eigenvalue weighted by atomic mass is 16.5. The third-order valence-electron chi connectivity index (χ3n) is 4.58. The molecule has 1 fully saturated rings. The molecular weight excluding hydrogens is 360 g/mol. The average Bonchev–Trinajstić information content (AvgIpc) is 3.24. The zero-order valence-electron chi connectivity index (χ0n) is 15.7. The molecule has 9 heteroatoms. The lowest BCUT2D eigenvalue weighted by Gasteiger charge is -2.35. The first-order chi connectivity index (χ1) is 13.6. The van der Waals surface area contributed by atoms with Crippen molar-refractivity contribution < 1.29 is 14.1 Å². The van der Waals surface area contributed by atoms with Crippen LogP contribution in [0.25, 0.3) is 11.3 Å². The Hall–Kier alpha value is -3.49. The maximum Gasteiger partial charge on any atom is 0.276 e. The number of nitrogens with zero attached hydrogens (tertiary/aromatic N) is 6. The van der Waals surface area contributed by atoms with Gasteiger partial charge < -0.3 is 19.1 Å². The Kier molecular flexibility index (Phi) is 4.88. The second kappa shape index (κ2) is 7.63. The first-order valence-electron chi connectivity index (χ1n) is 8.95. The highest BCUT2D eigenvalue weighted by Crippen LogP contribution is 2.22. The third-order valence-corrected chi connectivity index (χ3v) is 4.58. The Bertz CT molecular complexity index is 967. The number of aromatic nitrogens is 4. The van der Waals surface area contributed by atoms with Gasteiger partial charge >= 0.3 is 0 Å². The molecule has 1 amide bonds.